The topological polar surface area (TPSA) is 69.7 Å². The smallest absolute Gasteiger partial charge is 0.406 e. The summed E-state index contributed by atoms with van der Waals surface area (Å²) in [4.78, 5) is 20.8. The van der Waals surface area contributed by atoms with Gasteiger partial charge in [0.25, 0.3) is 5.91 Å². The number of benzene rings is 2. The Hall–Kier alpha value is -3.79. The molecule has 2 aromatic carbocycles. The molecule has 0 saturated carbocycles. The van der Waals surface area contributed by atoms with Crippen molar-refractivity contribution in [2.75, 3.05) is 23.5 Å². The molecule has 0 spiro atoms. The summed E-state index contributed by atoms with van der Waals surface area (Å²) in [6.45, 7) is 4.11. The molecule has 10 heteroatoms. The molecule has 1 aromatic heterocycles. The highest BCUT2D eigenvalue weighted by molar-refractivity contribution is 5.94. The molecule has 1 fully saturated rings. The van der Waals surface area contributed by atoms with E-state index >= 15 is 0 Å². The highest BCUT2D eigenvalue weighted by Gasteiger charge is 2.31. The van der Waals surface area contributed by atoms with Crippen LogP contribution >= 0.6 is 0 Å². The van der Waals surface area contributed by atoms with Crippen molar-refractivity contribution in [2.24, 2.45) is 0 Å². The average Bonchev–Trinajstić information content (AvgIpc) is 3.18. The van der Waals surface area contributed by atoms with Gasteiger partial charge in [-0.15, -0.1) is 13.2 Å². The second kappa shape index (κ2) is 10.0. The molecule has 1 unspecified atom stereocenters. The third-order valence-corrected chi connectivity index (χ3v) is 5.45. The van der Waals surface area contributed by atoms with E-state index in [2.05, 4.69) is 37.3 Å². The van der Waals surface area contributed by atoms with Gasteiger partial charge in [-0.2, -0.15) is 0 Å². The number of alkyl halides is 3. The summed E-state index contributed by atoms with van der Waals surface area (Å²) >= 11 is 0. The van der Waals surface area contributed by atoms with Crippen LogP contribution in [0.1, 0.15) is 22.8 Å². The van der Waals surface area contributed by atoms with E-state index in [1.165, 1.54) is 12.1 Å². The highest BCUT2D eigenvalue weighted by atomic mass is 19.4. The Labute approximate surface area is 195 Å². The maximum absolute atomic E-state index is 12.4. The average molecular weight is 471 g/mol. The molecule has 1 saturated heterocycles. The van der Waals surface area contributed by atoms with E-state index in [-0.39, 0.29) is 17.7 Å². The Bertz CT molecular complexity index is 1110. The van der Waals surface area contributed by atoms with Crippen LogP contribution in [0.2, 0.25) is 0 Å². The van der Waals surface area contributed by atoms with Crippen LogP contribution < -0.4 is 20.5 Å². The Balaban J connectivity index is 1.33. The standard InChI is InChI=1S/C24H24F3N5O2/c1-17-14-32(20-7-9-21(10-8-20)34-24(25,26)27)16-31(17)15-18-11-12-28-22(13-18)29-30-23(33)19-5-3-2-4-6-19/h2-13,17H,14-16H2,1H3,(H,28,29)(H,30,33). The summed E-state index contributed by atoms with van der Waals surface area (Å²) in [6.07, 6.45) is -3.03. The third-order valence-electron chi connectivity index (χ3n) is 5.45. The van der Waals surface area contributed by atoms with Crippen LogP contribution in [0, 0.1) is 0 Å². The van der Waals surface area contributed by atoms with E-state index in [1.54, 1.807) is 42.6 Å². The minimum absolute atomic E-state index is 0.230. The minimum atomic E-state index is -4.71. The molecule has 34 heavy (non-hydrogen) atoms. The lowest BCUT2D eigenvalue weighted by atomic mass is 10.2. The molecule has 1 atom stereocenters. The van der Waals surface area contributed by atoms with E-state index in [4.69, 9.17) is 0 Å². The van der Waals surface area contributed by atoms with Crippen molar-refractivity contribution < 1.29 is 22.7 Å². The predicted octanol–water partition coefficient (Wildman–Crippen LogP) is 4.41. The van der Waals surface area contributed by atoms with Crippen LogP contribution in [0.15, 0.2) is 72.9 Å². The van der Waals surface area contributed by atoms with E-state index in [9.17, 15) is 18.0 Å². The van der Waals surface area contributed by atoms with Crippen molar-refractivity contribution in [3.8, 4) is 5.75 Å². The molecular formula is C24H24F3N5O2. The first kappa shape index (κ1) is 23.4. The van der Waals surface area contributed by atoms with E-state index in [0.29, 0.717) is 24.6 Å². The summed E-state index contributed by atoms with van der Waals surface area (Å²) in [7, 11) is 0. The summed E-state index contributed by atoms with van der Waals surface area (Å²) in [5, 5.41) is 0. The maximum atomic E-state index is 12.4. The second-order valence-corrected chi connectivity index (χ2v) is 8.00. The van der Waals surface area contributed by atoms with Gasteiger partial charge in [0.15, 0.2) is 0 Å². The summed E-state index contributed by atoms with van der Waals surface area (Å²) < 4.78 is 41.1. The molecule has 2 heterocycles. The zero-order chi connectivity index (χ0) is 24.1. The van der Waals surface area contributed by atoms with Crippen molar-refractivity contribution >= 4 is 17.4 Å². The van der Waals surface area contributed by atoms with Crippen molar-refractivity contribution in [1.82, 2.24) is 15.3 Å². The number of carbonyl (C=O) groups is 1. The number of hydrazine groups is 1. The molecule has 0 radical (unpaired) electrons. The fraction of sp³-hybridized carbons (Fsp3) is 0.250. The Morgan fingerprint density at radius 3 is 2.56 bits per heavy atom. The Morgan fingerprint density at radius 1 is 1.12 bits per heavy atom. The normalized spacial score (nSPS) is 16.4. The zero-order valence-electron chi connectivity index (χ0n) is 18.4. The summed E-state index contributed by atoms with van der Waals surface area (Å²) in [5.74, 6) is 0.0190. The Kier molecular flexibility index (Phi) is 6.87. The van der Waals surface area contributed by atoms with Crippen LogP contribution in [0.25, 0.3) is 0 Å². The van der Waals surface area contributed by atoms with Crippen LogP contribution in [-0.2, 0) is 6.54 Å². The number of nitrogens with one attached hydrogen (secondary N) is 2. The number of carbonyl (C=O) groups excluding carboxylic acids is 1. The molecule has 0 aliphatic carbocycles. The second-order valence-electron chi connectivity index (χ2n) is 8.00. The molecule has 2 N–H and O–H groups in total. The first-order valence-corrected chi connectivity index (χ1v) is 10.7. The largest absolute Gasteiger partial charge is 0.573 e. The number of anilines is 2. The highest BCUT2D eigenvalue weighted by Crippen LogP contribution is 2.28. The predicted molar refractivity (Wildman–Crippen MR) is 122 cm³/mol. The van der Waals surface area contributed by atoms with Gasteiger partial charge in [-0.3, -0.25) is 20.5 Å². The zero-order valence-corrected chi connectivity index (χ0v) is 18.4. The number of amides is 1. The van der Waals surface area contributed by atoms with Crippen LogP contribution in [-0.4, -0.2) is 41.4 Å². The van der Waals surface area contributed by atoms with E-state index in [0.717, 1.165) is 17.8 Å². The van der Waals surface area contributed by atoms with Crippen molar-refractivity contribution in [1.29, 1.82) is 0 Å². The molecule has 178 valence electrons. The van der Waals surface area contributed by atoms with Crippen molar-refractivity contribution in [3.05, 3.63) is 84.1 Å². The number of ether oxygens (including phenoxy) is 1. The number of nitrogens with zero attached hydrogens (tertiary/aromatic N) is 3. The van der Waals surface area contributed by atoms with Gasteiger partial charge < -0.3 is 9.64 Å². The molecule has 1 aliphatic heterocycles. The molecule has 1 amide bonds. The van der Waals surface area contributed by atoms with E-state index < -0.39 is 6.36 Å². The maximum Gasteiger partial charge on any atom is 0.573 e. The van der Waals surface area contributed by atoms with Crippen LogP contribution in [0.5, 0.6) is 5.75 Å². The van der Waals surface area contributed by atoms with E-state index in [1.807, 2.05) is 18.2 Å². The van der Waals surface area contributed by atoms with Gasteiger partial charge in [-0.1, -0.05) is 18.2 Å². The summed E-state index contributed by atoms with van der Waals surface area (Å²) in [6, 6.07) is 18.8. The number of hydrogen-bond donors (Lipinski definition) is 2. The first-order valence-electron chi connectivity index (χ1n) is 10.7. The minimum Gasteiger partial charge on any atom is -0.406 e. The van der Waals surface area contributed by atoms with Crippen LogP contribution in [0.3, 0.4) is 0 Å². The number of pyridine rings is 1. The molecule has 3 aromatic rings. The number of aromatic nitrogens is 1. The van der Waals surface area contributed by atoms with Gasteiger partial charge >= 0.3 is 6.36 Å². The SMILES string of the molecule is CC1CN(c2ccc(OC(F)(F)F)cc2)CN1Cc1ccnc(NNC(=O)c2ccccc2)c1. The van der Waals surface area contributed by atoms with Gasteiger partial charge in [0.05, 0.1) is 6.67 Å². The Morgan fingerprint density at radius 2 is 1.85 bits per heavy atom. The van der Waals surface area contributed by atoms with Gasteiger partial charge in [-0.25, -0.2) is 4.98 Å². The number of halogens is 3. The third kappa shape index (κ3) is 6.16. The van der Waals surface area contributed by atoms with Gasteiger partial charge in [0.1, 0.15) is 11.6 Å². The van der Waals surface area contributed by atoms with Crippen molar-refractivity contribution in [2.45, 2.75) is 25.9 Å². The number of hydrogen-bond acceptors (Lipinski definition) is 6. The quantitative estimate of drug-likeness (QED) is 0.498. The number of rotatable bonds is 7. The fourth-order valence-corrected chi connectivity index (χ4v) is 3.76. The molecular weight excluding hydrogens is 447 g/mol. The molecule has 7 nitrogen and oxygen atoms in total. The fourth-order valence-electron chi connectivity index (χ4n) is 3.76. The lowest BCUT2D eigenvalue weighted by molar-refractivity contribution is -0.274. The van der Waals surface area contributed by atoms with Crippen LogP contribution in [0.4, 0.5) is 24.7 Å². The van der Waals surface area contributed by atoms with Crippen molar-refractivity contribution in [3.63, 3.8) is 0 Å². The molecule has 4 rings (SSSR count). The lowest BCUT2D eigenvalue weighted by Gasteiger charge is -2.21. The monoisotopic (exact) mass is 471 g/mol. The van der Waals surface area contributed by atoms with Gasteiger partial charge in [0.2, 0.25) is 0 Å². The summed E-state index contributed by atoms with van der Waals surface area (Å²) in [5.41, 5.74) is 7.85. The molecule has 0 bridgehead atoms. The van der Waals surface area contributed by atoms with Gasteiger partial charge in [-0.05, 0) is 61.0 Å². The van der Waals surface area contributed by atoms with Gasteiger partial charge in [0, 0.05) is 36.6 Å². The molecule has 1 aliphatic rings. The lowest BCUT2D eigenvalue weighted by Crippen LogP contribution is -2.30. The first-order chi connectivity index (χ1) is 16.3.